The van der Waals surface area contributed by atoms with E-state index in [4.69, 9.17) is 9.05 Å². The SMILES string of the molecule is CCCCCC/C(=C\P(=O)(OCC)OCC)c1ccccc1. The normalized spacial score (nSPS) is 12.6. The molecule has 0 aromatic heterocycles. The molecule has 22 heavy (non-hydrogen) atoms. The maximum atomic E-state index is 12.8. The highest BCUT2D eigenvalue weighted by atomic mass is 31.2. The second-order valence-corrected chi connectivity index (χ2v) is 7.06. The van der Waals surface area contributed by atoms with Crippen molar-refractivity contribution in [3.63, 3.8) is 0 Å². The van der Waals surface area contributed by atoms with E-state index in [1.54, 1.807) is 5.82 Å². The zero-order valence-electron chi connectivity index (χ0n) is 14.1. The van der Waals surface area contributed by atoms with Crippen LogP contribution in [0.2, 0.25) is 0 Å². The summed E-state index contributed by atoms with van der Waals surface area (Å²) in [5.41, 5.74) is 2.15. The van der Waals surface area contributed by atoms with E-state index < -0.39 is 7.60 Å². The molecule has 1 rings (SSSR count). The third-order valence-electron chi connectivity index (χ3n) is 3.38. The van der Waals surface area contributed by atoms with Crippen LogP contribution in [0.25, 0.3) is 5.57 Å². The highest BCUT2D eigenvalue weighted by molar-refractivity contribution is 7.57. The molecule has 0 N–H and O–H groups in total. The van der Waals surface area contributed by atoms with E-state index >= 15 is 0 Å². The number of unbranched alkanes of at least 4 members (excludes halogenated alkanes) is 3. The molecule has 0 aliphatic heterocycles. The monoisotopic (exact) mass is 324 g/mol. The van der Waals surface area contributed by atoms with Crippen LogP contribution in [0.15, 0.2) is 36.1 Å². The van der Waals surface area contributed by atoms with E-state index in [1.165, 1.54) is 19.3 Å². The lowest BCUT2D eigenvalue weighted by atomic mass is 10.0. The van der Waals surface area contributed by atoms with Gasteiger partial charge in [0, 0.05) is 5.82 Å². The summed E-state index contributed by atoms with van der Waals surface area (Å²) in [5.74, 6) is 1.72. The van der Waals surface area contributed by atoms with Crippen molar-refractivity contribution < 1.29 is 13.6 Å². The van der Waals surface area contributed by atoms with Crippen molar-refractivity contribution in [2.45, 2.75) is 52.9 Å². The fraction of sp³-hybridized carbons (Fsp3) is 0.556. The molecular formula is C18H29O3P. The molecule has 0 unspecified atom stereocenters. The molecule has 0 bridgehead atoms. The van der Waals surface area contributed by atoms with Gasteiger partial charge in [0.1, 0.15) is 0 Å². The van der Waals surface area contributed by atoms with Crippen molar-refractivity contribution in [3.05, 3.63) is 41.7 Å². The van der Waals surface area contributed by atoms with Crippen molar-refractivity contribution >= 4 is 13.2 Å². The molecule has 1 aromatic rings. The Balaban J connectivity index is 2.96. The molecular weight excluding hydrogens is 295 g/mol. The van der Waals surface area contributed by atoms with Crippen LogP contribution in [0.1, 0.15) is 58.4 Å². The Morgan fingerprint density at radius 3 is 2.18 bits per heavy atom. The van der Waals surface area contributed by atoms with Crippen molar-refractivity contribution in [2.24, 2.45) is 0 Å². The zero-order chi connectivity index (χ0) is 16.3. The van der Waals surface area contributed by atoms with Crippen LogP contribution in [0, 0.1) is 0 Å². The van der Waals surface area contributed by atoms with E-state index in [1.807, 2.05) is 44.2 Å². The molecule has 0 fully saturated rings. The summed E-state index contributed by atoms with van der Waals surface area (Å²) < 4.78 is 23.6. The van der Waals surface area contributed by atoms with Crippen LogP contribution >= 0.6 is 7.60 Å². The van der Waals surface area contributed by atoms with Gasteiger partial charge in [0.15, 0.2) is 0 Å². The summed E-state index contributed by atoms with van der Waals surface area (Å²) in [6.07, 6.45) is 5.62. The molecule has 0 amide bonds. The smallest absolute Gasteiger partial charge is 0.306 e. The summed E-state index contributed by atoms with van der Waals surface area (Å²) in [7, 11) is -3.16. The van der Waals surface area contributed by atoms with E-state index in [9.17, 15) is 4.57 Å². The lowest BCUT2D eigenvalue weighted by Gasteiger charge is -2.16. The topological polar surface area (TPSA) is 35.5 Å². The van der Waals surface area contributed by atoms with E-state index in [-0.39, 0.29) is 0 Å². The molecule has 0 atom stereocenters. The third kappa shape index (κ3) is 6.91. The first-order valence-corrected chi connectivity index (χ1v) is 9.92. The highest BCUT2D eigenvalue weighted by Crippen LogP contribution is 2.52. The second-order valence-electron chi connectivity index (χ2n) is 5.21. The quantitative estimate of drug-likeness (QED) is 0.356. The molecule has 1 aromatic carbocycles. The molecule has 0 spiro atoms. The number of hydrogen-bond donors (Lipinski definition) is 0. The Bertz CT molecular complexity index is 472. The summed E-state index contributed by atoms with van der Waals surface area (Å²) in [6, 6.07) is 10.1. The van der Waals surface area contributed by atoms with Gasteiger partial charge in [-0.1, -0.05) is 56.5 Å². The second kappa shape index (κ2) is 10.8. The fourth-order valence-corrected chi connectivity index (χ4v) is 3.94. The summed E-state index contributed by atoms with van der Waals surface area (Å²) in [4.78, 5) is 0. The van der Waals surface area contributed by atoms with Gasteiger partial charge in [-0.05, 0) is 37.8 Å². The van der Waals surface area contributed by atoms with Crippen LogP contribution < -0.4 is 0 Å². The standard InChI is InChI=1S/C18H29O3P/c1-4-7-8-10-15-18(17-13-11-9-12-14-17)16-22(19,20-5-2)21-6-3/h9,11-14,16H,4-8,10,15H2,1-3H3/b18-16+. The zero-order valence-corrected chi connectivity index (χ0v) is 15.0. The molecule has 4 heteroatoms. The van der Waals surface area contributed by atoms with Crippen molar-refractivity contribution in [3.8, 4) is 0 Å². The van der Waals surface area contributed by atoms with Crippen LogP contribution in [0.3, 0.4) is 0 Å². The van der Waals surface area contributed by atoms with Gasteiger partial charge in [-0.3, -0.25) is 4.57 Å². The Morgan fingerprint density at radius 1 is 1.00 bits per heavy atom. The molecule has 0 saturated carbocycles. The van der Waals surface area contributed by atoms with Gasteiger partial charge in [-0.25, -0.2) is 0 Å². The lowest BCUT2D eigenvalue weighted by molar-refractivity contribution is 0.229. The molecule has 124 valence electrons. The van der Waals surface area contributed by atoms with Crippen molar-refractivity contribution in [2.75, 3.05) is 13.2 Å². The first kappa shape index (κ1) is 19.2. The highest BCUT2D eigenvalue weighted by Gasteiger charge is 2.21. The Morgan fingerprint density at radius 2 is 1.64 bits per heavy atom. The van der Waals surface area contributed by atoms with Crippen molar-refractivity contribution in [1.29, 1.82) is 0 Å². The molecule has 0 aliphatic carbocycles. The number of benzene rings is 1. The Hall–Kier alpha value is -0.890. The van der Waals surface area contributed by atoms with E-state index in [2.05, 4.69) is 6.92 Å². The minimum Gasteiger partial charge on any atom is -0.306 e. The van der Waals surface area contributed by atoms with Crippen LogP contribution in [-0.2, 0) is 13.6 Å². The maximum absolute atomic E-state index is 12.8. The molecule has 0 heterocycles. The summed E-state index contributed by atoms with van der Waals surface area (Å²) in [6.45, 7) is 6.63. The van der Waals surface area contributed by atoms with E-state index in [0.29, 0.717) is 13.2 Å². The van der Waals surface area contributed by atoms with Gasteiger partial charge in [-0.2, -0.15) is 0 Å². The molecule has 3 nitrogen and oxygen atoms in total. The minimum absolute atomic E-state index is 0.381. The molecule has 0 radical (unpaired) electrons. The predicted octanol–water partition coefficient (Wildman–Crippen LogP) is 6.26. The summed E-state index contributed by atoms with van der Waals surface area (Å²) >= 11 is 0. The minimum atomic E-state index is -3.16. The average molecular weight is 324 g/mol. The van der Waals surface area contributed by atoms with Crippen molar-refractivity contribution in [1.82, 2.24) is 0 Å². The number of hydrogen-bond acceptors (Lipinski definition) is 3. The molecule has 0 aliphatic rings. The van der Waals surface area contributed by atoms with Gasteiger partial charge in [0.25, 0.3) is 0 Å². The lowest BCUT2D eigenvalue weighted by Crippen LogP contribution is -1.95. The third-order valence-corrected chi connectivity index (χ3v) is 5.24. The van der Waals surface area contributed by atoms with Gasteiger partial charge < -0.3 is 9.05 Å². The Labute approximate surface area is 135 Å². The summed E-state index contributed by atoms with van der Waals surface area (Å²) in [5, 5.41) is 0. The number of rotatable bonds is 11. The molecule has 0 saturated heterocycles. The predicted molar refractivity (Wildman–Crippen MR) is 94.0 cm³/mol. The van der Waals surface area contributed by atoms with Crippen LogP contribution in [-0.4, -0.2) is 13.2 Å². The maximum Gasteiger partial charge on any atom is 0.354 e. The van der Waals surface area contributed by atoms with Crippen LogP contribution in [0.5, 0.6) is 0 Å². The largest absolute Gasteiger partial charge is 0.354 e. The number of allylic oxidation sites excluding steroid dienone is 1. The van der Waals surface area contributed by atoms with Gasteiger partial charge in [0.2, 0.25) is 0 Å². The van der Waals surface area contributed by atoms with Gasteiger partial charge >= 0.3 is 7.60 Å². The van der Waals surface area contributed by atoms with Gasteiger partial charge in [0.05, 0.1) is 13.2 Å². The first-order valence-electron chi connectivity index (χ1n) is 8.31. The van der Waals surface area contributed by atoms with E-state index in [0.717, 1.165) is 24.0 Å². The van der Waals surface area contributed by atoms with Gasteiger partial charge in [-0.15, -0.1) is 0 Å². The average Bonchev–Trinajstić information content (AvgIpc) is 2.52. The fourth-order valence-electron chi connectivity index (χ4n) is 2.34. The first-order chi connectivity index (χ1) is 10.6. The van der Waals surface area contributed by atoms with Crippen LogP contribution in [0.4, 0.5) is 0 Å². The Kier molecular flexibility index (Phi) is 9.38.